The lowest BCUT2D eigenvalue weighted by molar-refractivity contribution is -0.141. The molecule has 0 aromatic heterocycles. The van der Waals surface area contributed by atoms with Gasteiger partial charge in [0.1, 0.15) is 0 Å². The van der Waals surface area contributed by atoms with Crippen LogP contribution in [0, 0.1) is 5.92 Å². The second-order valence-electron chi connectivity index (χ2n) is 5.52. The molecule has 2 rings (SSSR count). The first-order valence-electron chi connectivity index (χ1n) is 7.45. The molecule has 1 saturated carbocycles. The number of amides is 1. The Morgan fingerprint density at radius 3 is 2.64 bits per heavy atom. The molecule has 22 heavy (non-hydrogen) atoms. The number of aliphatic carboxylic acids is 1. The average Bonchev–Trinajstić information content (AvgIpc) is 2.94. The standard InChI is InChI=1S/C16H20ClNO3S/c17-12-4-7-14(8-5-12)22-9-1-2-15(19)18-13-6-3-11(10-13)16(20)21/h4-5,7-8,11,13H,1-3,6,9-10H2,(H,18,19)(H,20,21)/t11-,13+/m0/s1. The van der Waals surface area contributed by atoms with Crippen molar-refractivity contribution in [2.45, 2.75) is 43.0 Å². The van der Waals surface area contributed by atoms with Gasteiger partial charge in [0, 0.05) is 22.4 Å². The molecule has 1 fully saturated rings. The monoisotopic (exact) mass is 341 g/mol. The predicted octanol–water partition coefficient (Wildman–Crippen LogP) is 3.58. The Morgan fingerprint density at radius 1 is 1.27 bits per heavy atom. The van der Waals surface area contributed by atoms with E-state index in [1.807, 2.05) is 24.3 Å². The summed E-state index contributed by atoms with van der Waals surface area (Å²) in [5, 5.41) is 12.6. The molecule has 1 aromatic rings. The molecule has 4 nitrogen and oxygen atoms in total. The number of carboxylic acids is 1. The van der Waals surface area contributed by atoms with Crippen LogP contribution in [0.3, 0.4) is 0 Å². The van der Waals surface area contributed by atoms with Crippen molar-refractivity contribution in [3.05, 3.63) is 29.3 Å². The highest BCUT2D eigenvalue weighted by Gasteiger charge is 2.30. The van der Waals surface area contributed by atoms with Gasteiger partial charge in [-0.1, -0.05) is 11.6 Å². The highest BCUT2D eigenvalue weighted by Crippen LogP contribution is 2.26. The highest BCUT2D eigenvalue weighted by molar-refractivity contribution is 7.99. The number of benzene rings is 1. The number of nitrogens with one attached hydrogen (secondary N) is 1. The van der Waals surface area contributed by atoms with Crippen molar-refractivity contribution in [1.29, 1.82) is 0 Å². The molecule has 120 valence electrons. The molecule has 6 heteroatoms. The molecule has 0 heterocycles. The molecular formula is C16H20ClNO3S. The first kappa shape index (κ1) is 17.2. The van der Waals surface area contributed by atoms with Crippen LogP contribution in [-0.2, 0) is 9.59 Å². The minimum absolute atomic E-state index is 0.0211. The van der Waals surface area contributed by atoms with Crippen LogP contribution < -0.4 is 5.32 Å². The maximum atomic E-state index is 11.8. The molecule has 0 unspecified atom stereocenters. The van der Waals surface area contributed by atoms with Crippen molar-refractivity contribution in [3.63, 3.8) is 0 Å². The van der Waals surface area contributed by atoms with Gasteiger partial charge in [0.2, 0.25) is 5.91 Å². The zero-order valence-electron chi connectivity index (χ0n) is 12.3. The van der Waals surface area contributed by atoms with E-state index < -0.39 is 5.97 Å². The predicted molar refractivity (Wildman–Crippen MR) is 88.3 cm³/mol. The molecule has 0 aliphatic heterocycles. The third-order valence-electron chi connectivity index (χ3n) is 3.78. The first-order valence-corrected chi connectivity index (χ1v) is 8.81. The molecule has 2 atom stereocenters. The second-order valence-corrected chi connectivity index (χ2v) is 7.12. The van der Waals surface area contributed by atoms with Crippen molar-refractivity contribution in [2.75, 3.05) is 5.75 Å². The summed E-state index contributed by atoms with van der Waals surface area (Å²) >= 11 is 7.53. The molecule has 2 N–H and O–H groups in total. The number of thioether (sulfide) groups is 1. The Hall–Kier alpha value is -1.20. The number of hydrogen-bond donors (Lipinski definition) is 2. The van der Waals surface area contributed by atoms with Crippen LogP contribution in [0.4, 0.5) is 0 Å². The third-order valence-corrected chi connectivity index (χ3v) is 5.13. The fraction of sp³-hybridized carbons (Fsp3) is 0.500. The van der Waals surface area contributed by atoms with Gasteiger partial charge >= 0.3 is 5.97 Å². The maximum Gasteiger partial charge on any atom is 0.306 e. The van der Waals surface area contributed by atoms with Crippen LogP contribution >= 0.6 is 23.4 Å². The van der Waals surface area contributed by atoms with Gasteiger partial charge in [0.25, 0.3) is 0 Å². The van der Waals surface area contributed by atoms with E-state index in [0.717, 1.165) is 28.5 Å². The van der Waals surface area contributed by atoms with E-state index in [-0.39, 0.29) is 17.9 Å². The largest absolute Gasteiger partial charge is 0.481 e. The maximum absolute atomic E-state index is 11.8. The lowest BCUT2D eigenvalue weighted by Gasteiger charge is -2.12. The number of hydrogen-bond acceptors (Lipinski definition) is 3. The Morgan fingerprint density at radius 2 is 2.00 bits per heavy atom. The molecule has 1 aliphatic rings. The summed E-state index contributed by atoms with van der Waals surface area (Å²) in [6.45, 7) is 0. The molecule has 1 aromatic carbocycles. The Kier molecular flexibility index (Phi) is 6.58. The normalized spacial score (nSPS) is 20.8. The summed E-state index contributed by atoms with van der Waals surface area (Å²) in [4.78, 5) is 23.9. The van der Waals surface area contributed by atoms with Crippen LogP contribution in [-0.4, -0.2) is 28.8 Å². The molecule has 1 aliphatic carbocycles. The van der Waals surface area contributed by atoms with Gasteiger partial charge in [0.15, 0.2) is 0 Å². The molecular weight excluding hydrogens is 322 g/mol. The van der Waals surface area contributed by atoms with E-state index >= 15 is 0 Å². The Labute approximate surface area is 139 Å². The van der Waals surface area contributed by atoms with Gasteiger partial charge in [-0.2, -0.15) is 0 Å². The summed E-state index contributed by atoms with van der Waals surface area (Å²) in [7, 11) is 0. The van der Waals surface area contributed by atoms with Crippen LogP contribution in [0.15, 0.2) is 29.2 Å². The van der Waals surface area contributed by atoms with Gasteiger partial charge < -0.3 is 10.4 Å². The summed E-state index contributed by atoms with van der Waals surface area (Å²) < 4.78 is 0. The van der Waals surface area contributed by atoms with Gasteiger partial charge in [-0.15, -0.1) is 11.8 Å². The van der Waals surface area contributed by atoms with Crippen LogP contribution in [0.2, 0.25) is 5.02 Å². The summed E-state index contributed by atoms with van der Waals surface area (Å²) in [5.74, 6) is -0.160. The zero-order valence-corrected chi connectivity index (χ0v) is 13.8. The van der Waals surface area contributed by atoms with E-state index in [4.69, 9.17) is 16.7 Å². The lowest BCUT2D eigenvalue weighted by Crippen LogP contribution is -2.33. The van der Waals surface area contributed by atoms with E-state index in [0.29, 0.717) is 19.3 Å². The van der Waals surface area contributed by atoms with Crippen molar-refractivity contribution in [1.82, 2.24) is 5.32 Å². The fourth-order valence-corrected chi connectivity index (χ4v) is 3.57. The van der Waals surface area contributed by atoms with Crippen LogP contribution in [0.1, 0.15) is 32.1 Å². The number of carbonyl (C=O) groups is 2. The molecule has 0 radical (unpaired) electrons. The van der Waals surface area contributed by atoms with Crippen molar-refractivity contribution in [3.8, 4) is 0 Å². The van der Waals surface area contributed by atoms with Crippen molar-refractivity contribution >= 4 is 35.2 Å². The topological polar surface area (TPSA) is 66.4 Å². The number of halogens is 1. The van der Waals surface area contributed by atoms with E-state index in [2.05, 4.69) is 5.32 Å². The van der Waals surface area contributed by atoms with Crippen molar-refractivity contribution in [2.24, 2.45) is 5.92 Å². The third kappa shape index (κ3) is 5.54. The quantitative estimate of drug-likeness (QED) is 0.587. The lowest BCUT2D eigenvalue weighted by atomic mass is 10.1. The highest BCUT2D eigenvalue weighted by atomic mass is 35.5. The fourth-order valence-electron chi connectivity index (χ4n) is 2.59. The average molecular weight is 342 g/mol. The van der Waals surface area contributed by atoms with Crippen LogP contribution in [0.25, 0.3) is 0 Å². The van der Waals surface area contributed by atoms with Gasteiger partial charge in [-0.05, 0) is 55.7 Å². The smallest absolute Gasteiger partial charge is 0.306 e. The zero-order chi connectivity index (χ0) is 15.9. The second kappa shape index (κ2) is 8.44. The summed E-state index contributed by atoms with van der Waals surface area (Å²) in [5.41, 5.74) is 0. The van der Waals surface area contributed by atoms with E-state index in [9.17, 15) is 9.59 Å². The van der Waals surface area contributed by atoms with E-state index in [1.54, 1.807) is 11.8 Å². The number of carboxylic acid groups (broad SMARTS) is 1. The van der Waals surface area contributed by atoms with Crippen LogP contribution in [0.5, 0.6) is 0 Å². The molecule has 0 saturated heterocycles. The van der Waals surface area contributed by atoms with Gasteiger partial charge in [-0.3, -0.25) is 9.59 Å². The number of rotatable bonds is 7. The Bertz CT molecular complexity index is 521. The SMILES string of the molecule is O=C(CCCSc1ccc(Cl)cc1)N[C@@H]1CC[C@H](C(=O)O)C1. The minimum Gasteiger partial charge on any atom is -0.481 e. The van der Waals surface area contributed by atoms with Crippen molar-refractivity contribution < 1.29 is 14.7 Å². The van der Waals surface area contributed by atoms with Gasteiger partial charge in [0.05, 0.1) is 5.92 Å². The molecule has 1 amide bonds. The first-order chi connectivity index (χ1) is 10.5. The molecule has 0 spiro atoms. The number of carbonyl (C=O) groups excluding carboxylic acids is 1. The van der Waals surface area contributed by atoms with Gasteiger partial charge in [-0.25, -0.2) is 0 Å². The summed E-state index contributed by atoms with van der Waals surface area (Å²) in [6.07, 6.45) is 3.26. The van der Waals surface area contributed by atoms with E-state index in [1.165, 1.54) is 0 Å². The minimum atomic E-state index is -0.754. The summed E-state index contributed by atoms with van der Waals surface area (Å²) in [6, 6.07) is 7.68. The Balaban J connectivity index is 1.60. The molecule has 0 bridgehead atoms.